The molecule has 29 heavy (non-hydrogen) atoms. The first-order chi connectivity index (χ1) is 14.1. The first-order valence-corrected chi connectivity index (χ1v) is 9.79. The highest BCUT2D eigenvalue weighted by atomic mass is 35.5. The molecule has 0 bridgehead atoms. The van der Waals surface area contributed by atoms with Crippen molar-refractivity contribution in [2.45, 2.75) is 25.6 Å². The Morgan fingerprint density at radius 1 is 1.28 bits per heavy atom. The minimum absolute atomic E-state index is 0.177. The number of aliphatic imine (C=N–C) groups is 1. The third-order valence-electron chi connectivity index (χ3n) is 4.59. The monoisotopic (exact) mass is 415 g/mol. The van der Waals surface area contributed by atoms with E-state index in [0.29, 0.717) is 34.6 Å². The molecule has 2 heterocycles. The van der Waals surface area contributed by atoms with Gasteiger partial charge in [-0.15, -0.1) is 5.48 Å². The molecule has 0 saturated heterocycles. The van der Waals surface area contributed by atoms with Crippen LogP contribution in [-0.4, -0.2) is 24.2 Å². The topological polar surface area (TPSA) is 102 Å². The number of benzene rings is 2. The van der Waals surface area contributed by atoms with Gasteiger partial charge in [0.25, 0.3) is 0 Å². The van der Waals surface area contributed by atoms with Gasteiger partial charge >= 0.3 is 0 Å². The van der Waals surface area contributed by atoms with E-state index >= 15 is 0 Å². The van der Waals surface area contributed by atoms with E-state index in [1.165, 1.54) is 0 Å². The van der Waals surface area contributed by atoms with Gasteiger partial charge in [-0.1, -0.05) is 24.6 Å². The van der Waals surface area contributed by atoms with Crippen molar-refractivity contribution < 1.29 is 19.1 Å². The van der Waals surface area contributed by atoms with Gasteiger partial charge in [-0.2, -0.15) is 0 Å². The maximum Gasteiger partial charge on any atom is 0.242 e. The second-order valence-electron chi connectivity index (χ2n) is 6.79. The molecule has 7 nitrogen and oxygen atoms in total. The molecule has 2 aromatic carbocycles. The average Bonchev–Trinajstić information content (AvgIpc) is 3.39. The molecule has 0 spiro atoms. The number of hydroxylamine groups is 1. The van der Waals surface area contributed by atoms with Crippen molar-refractivity contribution >= 4 is 28.5 Å². The Morgan fingerprint density at radius 3 is 2.90 bits per heavy atom. The number of nitrogens with one attached hydrogen (secondary N) is 1. The molecular formula is C21H22ClN3O4. The van der Waals surface area contributed by atoms with Crippen molar-refractivity contribution in [1.82, 2.24) is 5.48 Å². The fourth-order valence-electron chi connectivity index (χ4n) is 3.05. The summed E-state index contributed by atoms with van der Waals surface area (Å²) in [6, 6.07) is 12.4. The zero-order valence-corrected chi connectivity index (χ0v) is 16.6. The Kier molecular flexibility index (Phi) is 5.73. The fourth-order valence-corrected chi connectivity index (χ4v) is 3.28. The van der Waals surface area contributed by atoms with Gasteiger partial charge in [0.1, 0.15) is 17.1 Å². The molecular weight excluding hydrogens is 394 g/mol. The summed E-state index contributed by atoms with van der Waals surface area (Å²) in [5, 5.41) is 10.6. The molecule has 0 aliphatic carbocycles. The number of nitrogens with two attached hydrogens (primary N) is 1. The summed E-state index contributed by atoms with van der Waals surface area (Å²) >= 11 is 6.31. The van der Waals surface area contributed by atoms with E-state index in [9.17, 15) is 5.11 Å². The summed E-state index contributed by atoms with van der Waals surface area (Å²) in [5.74, 6) is 1.64. The Bertz CT molecular complexity index is 1050. The van der Waals surface area contributed by atoms with Crippen LogP contribution in [0, 0.1) is 0 Å². The molecule has 0 radical (unpaired) electrons. The van der Waals surface area contributed by atoms with E-state index in [-0.39, 0.29) is 12.8 Å². The zero-order chi connectivity index (χ0) is 20.4. The zero-order valence-electron chi connectivity index (χ0n) is 15.9. The van der Waals surface area contributed by atoms with Crippen molar-refractivity contribution in [3.8, 4) is 5.75 Å². The normalized spacial score (nSPS) is 17.2. The number of hydrogen-bond donors (Lipinski definition) is 3. The van der Waals surface area contributed by atoms with E-state index in [0.717, 1.165) is 22.9 Å². The van der Waals surface area contributed by atoms with Crippen LogP contribution in [-0.2, 0) is 4.84 Å². The number of hydrogen-bond acceptors (Lipinski definition) is 7. The summed E-state index contributed by atoms with van der Waals surface area (Å²) in [7, 11) is 0. The Hall–Kier alpha value is -2.58. The first-order valence-electron chi connectivity index (χ1n) is 9.41. The van der Waals surface area contributed by atoms with Gasteiger partial charge in [-0.05, 0) is 48.4 Å². The average molecular weight is 416 g/mol. The van der Waals surface area contributed by atoms with E-state index < -0.39 is 6.04 Å². The lowest BCUT2D eigenvalue weighted by Gasteiger charge is -2.08. The number of aliphatic hydroxyl groups excluding tert-OH is 1. The molecule has 4 N–H and O–H groups in total. The second kappa shape index (κ2) is 8.42. The van der Waals surface area contributed by atoms with Crippen LogP contribution in [0.1, 0.15) is 42.4 Å². The molecule has 4 rings (SSSR count). The molecule has 2 unspecified atom stereocenters. The van der Waals surface area contributed by atoms with Crippen LogP contribution >= 0.6 is 11.6 Å². The van der Waals surface area contributed by atoms with Crippen molar-refractivity contribution in [3.63, 3.8) is 0 Å². The molecule has 1 aliphatic rings. The largest absolute Gasteiger partial charge is 0.492 e. The summed E-state index contributed by atoms with van der Waals surface area (Å²) in [4.78, 5) is 10.2. The minimum Gasteiger partial charge on any atom is -0.492 e. The van der Waals surface area contributed by atoms with Crippen LogP contribution in [0.4, 0.5) is 0 Å². The molecule has 1 aliphatic heterocycles. The highest BCUT2D eigenvalue weighted by Gasteiger charge is 2.23. The van der Waals surface area contributed by atoms with Crippen LogP contribution in [0.5, 0.6) is 5.75 Å². The Balaban J connectivity index is 1.56. The van der Waals surface area contributed by atoms with E-state index in [1.54, 1.807) is 6.07 Å². The molecule has 152 valence electrons. The van der Waals surface area contributed by atoms with Crippen molar-refractivity contribution in [3.05, 3.63) is 64.4 Å². The summed E-state index contributed by atoms with van der Waals surface area (Å²) in [6.07, 6.45) is 0.544. The predicted octanol–water partition coefficient (Wildman–Crippen LogP) is 3.85. The minimum atomic E-state index is -0.544. The van der Waals surface area contributed by atoms with Gasteiger partial charge in [-0.25, -0.2) is 4.99 Å². The smallest absolute Gasteiger partial charge is 0.242 e. The van der Waals surface area contributed by atoms with Gasteiger partial charge < -0.3 is 24.8 Å². The maximum atomic E-state index is 9.21. The maximum absolute atomic E-state index is 9.21. The van der Waals surface area contributed by atoms with Gasteiger partial charge in [0.15, 0.2) is 6.17 Å². The molecule has 0 amide bonds. The lowest BCUT2D eigenvalue weighted by molar-refractivity contribution is 0.180. The molecule has 0 fully saturated rings. The molecule has 3 aromatic rings. The quantitative estimate of drug-likeness (QED) is 0.541. The van der Waals surface area contributed by atoms with Crippen LogP contribution in [0.25, 0.3) is 11.0 Å². The Morgan fingerprint density at radius 2 is 2.14 bits per heavy atom. The van der Waals surface area contributed by atoms with Crippen molar-refractivity contribution in [2.75, 3.05) is 13.2 Å². The first kappa shape index (κ1) is 19.7. The predicted molar refractivity (Wildman–Crippen MR) is 111 cm³/mol. The van der Waals surface area contributed by atoms with Crippen LogP contribution in [0.3, 0.4) is 0 Å². The van der Waals surface area contributed by atoms with Gasteiger partial charge in [0, 0.05) is 10.9 Å². The SMILES string of the molecule is CCCOc1ccc(C2=NC(c3ccc4oc(C(N)CO)cc4c3)NO2)cc1Cl. The fraction of sp³-hybridized carbons (Fsp3) is 0.286. The third kappa shape index (κ3) is 4.09. The van der Waals surface area contributed by atoms with E-state index in [2.05, 4.69) is 10.5 Å². The summed E-state index contributed by atoms with van der Waals surface area (Å²) < 4.78 is 11.3. The number of nitrogens with zero attached hydrogens (tertiary/aromatic N) is 1. The van der Waals surface area contributed by atoms with Gasteiger partial charge in [-0.3, -0.25) is 0 Å². The number of furan rings is 1. The number of ether oxygens (including phenoxy) is 1. The number of halogens is 1. The van der Waals surface area contributed by atoms with Crippen LogP contribution in [0.15, 0.2) is 51.9 Å². The Labute approximate surface area is 173 Å². The molecule has 8 heteroatoms. The summed E-state index contributed by atoms with van der Waals surface area (Å²) in [5.41, 5.74) is 11.1. The highest BCUT2D eigenvalue weighted by molar-refractivity contribution is 6.32. The second-order valence-corrected chi connectivity index (χ2v) is 7.19. The number of aliphatic hydroxyl groups is 1. The van der Waals surface area contributed by atoms with Crippen molar-refractivity contribution in [2.24, 2.45) is 10.7 Å². The van der Waals surface area contributed by atoms with E-state index in [4.69, 9.17) is 31.3 Å². The third-order valence-corrected chi connectivity index (χ3v) is 4.89. The lowest BCUT2D eigenvalue weighted by atomic mass is 10.1. The van der Waals surface area contributed by atoms with Gasteiger partial charge in [0.05, 0.1) is 24.3 Å². The van der Waals surface area contributed by atoms with Crippen LogP contribution in [0.2, 0.25) is 5.02 Å². The van der Waals surface area contributed by atoms with Crippen molar-refractivity contribution in [1.29, 1.82) is 0 Å². The molecule has 2 atom stereocenters. The van der Waals surface area contributed by atoms with E-state index in [1.807, 2.05) is 43.3 Å². The number of rotatable bonds is 7. The summed E-state index contributed by atoms with van der Waals surface area (Å²) in [6.45, 7) is 2.47. The molecule has 0 saturated carbocycles. The molecule has 1 aromatic heterocycles. The van der Waals surface area contributed by atoms with Gasteiger partial charge in [0.2, 0.25) is 5.90 Å². The standard InChI is InChI=1S/C21H22ClN3O4/c1-2-7-27-18-6-4-13(9-15(18)22)21-24-20(25-29-21)12-3-5-17-14(8-12)10-19(28-17)16(23)11-26/h3-6,8-10,16,20,25-26H,2,7,11,23H2,1H3. The lowest BCUT2D eigenvalue weighted by Crippen LogP contribution is -2.14. The number of fused-ring (bicyclic) bond motifs is 1. The van der Waals surface area contributed by atoms with Crippen LogP contribution < -0.4 is 16.0 Å². The highest BCUT2D eigenvalue weighted by Crippen LogP contribution is 2.30.